The third-order valence-electron chi connectivity index (χ3n) is 7.59. The molecule has 0 aliphatic heterocycles. The lowest BCUT2D eigenvalue weighted by atomic mass is 9.58. The first-order valence-corrected chi connectivity index (χ1v) is 15.0. The van der Waals surface area contributed by atoms with Crippen molar-refractivity contribution in [2.45, 2.75) is 62.4 Å². The maximum atomic E-state index is 13.4. The summed E-state index contributed by atoms with van der Waals surface area (Å²) in [5.74, 6) is -1.89. The molecule has 2 fully saturated rings. The summed E-state index contributed by atoms with van der Waals surface area (Å²) in [6, 6.07) is 5.87. The van der Waals surface area contributed by atoms with Crippen LogP contribution in [0.25, 0.3) is 0 Å². The Labute approximate surface area is 259 Å². The van der Waals surface area contributed by atoms with Crippen LogP contribution >= 0.6 is 39.1 Å². The van der Waals surface area contributed by atoms with E-state index in [1.807, 2.05) is 0 Å². The number of nitrogens with one attached hydrogen (secondary N) is 1. The van der Waals surface area contributed by atoms with Crippen molar-refractivity contribution in [3.8, 4) is 0 Å². The van der Waals surface area contributed by atoms with E-state index in [9.17, 15) is 19.2 Å². The van der Waals surface area contributed by atoms with E-state index >= 15 is 0 Å². The van der Waals surface area contributed by atoms with Crippen molar-refractivity contribution in [3.63, 3.8) is 0 Å². The van der Waals surface area contributed by atoms with E-state index in [1.54, 1.807) is 31.2 Å². The lowest BCUT2D eigenvalue weighted by Gasteiger charge is -2.48. The summed E-state index contributed by atoms with van der Waals surface area (Å²) in [6.45, 7) is 1.55. The number of ketones is 1. The molecule has 10 nitrogen and oxygen atoms in total. The second-order valence-electron chi connectivity index (χ2n) is 10.3. The number of nitrogens with zero attached hydrogens (tertiary/aromatic N) is 2. The Hall–Kier alpha value is -3.28. The van der Waals surface area contributed by atoms with Crippen molar-refractivity contribution in [2.75, 3.05) is 5.32 Å². The minimum Gasteiger partial charge on any atom is -0.453 e. The quantitative estimate of drug-likeness (QED) is 0.221. The van der Waals surface area contributed by atoms with E-state index in [2.05, 4.69) is 30.6 Å². The maximum Gasteiger partial charge on any atom is 0.518 e. The summed E-state index contributed by atoms with van der Waals surface area (Å²) < 4.78 is 15.2. The smallest absolute Gasteiger partial charge is 0.453 e. The van der Waals surface area contributed by atoms with Gasteiger partial charge in [-0.05, 0) is 37.5 Å². The fraction of sp³-hybridized carbons (Fsp3) is 0.379. The molecule has 1 amide bonds. The zero-order chi connectivity index (χ0) is 30.0. The molecule has 2 unspecified atom stereocenters. The van der Waals surface area contributed by atoms with Crippen molar-refractivity contribution in [1.29, 1.82) is 0 Å². The Morgan fingerprint density at radius 1 is 1.14 bits per heavy atom. The van der Waals surface area contributed by atoms with Crippen molar-refractivity contribution in [2.24, 2.45) is 10.4 Å². The number of rotatable bonds is 8. The van der Waals surface area contributed by atoms with Gasteiger partial charge in [-0.2, -0.15) is 0 Å². The number of carbonyl (C=O) groups is 3. The van der Waals surface area contributed by atoms with Crippen LogP contribution in [0.3, 0.4) is 0 Å². The molecule has 0 bridgehead atoms. The van der Waals surface area contributed by atoms with Crippen LogP contribution in [0.5, 0.6) is 0 Å². The summed E-state index contributed by atoms with van der Waals surface area (Å²) in [5.41, 5.74) is 1.32. The van der Waals surface area contributed by atoms with E-state index < -0.39 is 40.1 Å². The molecule has 0 radical (unpaired) electrons. The lowest BCUT2D eigenvalue weighted by molar-refractivity contribution is -0.151. The zero-order valence-corrected chi connectivity index (χ0v) is 25.5. The number of benzene rings is 1. The van der Waals surface area contributed by atoms with Crippen LogP contribution in [-0.2, 0) is 20.7 Å². The third-order valence-corrected chi connectivity index (χ3v) is 9.02. The molecule has 2 heterocycles. The summed E-state index contributed by atoms with van der Waals surface area (Å²) in [4.78, 5) is 58.6. The fourth-order valence-electron chi connectivity index (χ4n) is 5.36. The molecule has 0 saturated heterocycles. The number of esters is 1. The van der Waals surface area contributed by atoms with Gasteiger partial charge in [-0.25, -0.2) is 9.59 Å². The van der Waals surface area contributed by atoms with Crippen LogP contribution in [0.2, 0.25) is 10.0 Å². The van der Waals surface area contributed by atoms with Crippen molar-refractivity contribution in [1.82, 2.24) is 4.98 Å². The summed E-state index contributed by atoms with van der Waals surface area (Å²) >= 11 is 15.7. The van der Waals surface area contributed by atoms with E-state index in [-0.39, 0.29) is 33.6 Å². The molecule has 3 atom stereocenters. The molecule has 3 aromatic rings. The normalized spacial score (nSPS) is 20.1. The average molecular weight is 679 g/mol. The van der Waals surface area contributed by atoms with E-state index in [0.29, 0.717) is 24.2 Å². The number of Topliss-reactive ketones (excluding diaryl/α,β-unsaturated/α-hetero) is 1. The second kappa shape index (κ2) is 12.5. The molecule has 42 heavy (non-hydrogen) atoms. The minimum absolute atomic E-state index is 0.0650. The van der Waals surface area contributed by atoms with Crippen LogP contribution in [0.4, 0.5) is 5.69 Å². The molecular formula is C29H26BrCl2N3O7. The highest BCUT2D eigenvalue weighted by atomic mass is 79.9. The number of amides is 1. The van der Waals surface area contributed by atoms with E-state index in [4.69, 9.17) is 37.3 Å². The number of pyridine rings is 1. The Balaban J connectivity index is 1.37. The number of aliphatic imine (C=N–C) groups is 1. The number of hydrogen-bond acceptors (Lipinski definition) is 9. The van der Waals surface area contributed by atoms with Crippen LogP contribution in [-0.4, -0.2) is 39.2 Å². The Bertz CT molecular complexity index is 1570. The molecule has 1 aromatic carbocycles. The number of aromatic nitrogens is 1. The predicted octanol–water partition coefficient (Wildman–Crippen LogP) is 6.14. The van der Waals surface area contributed by atoms with Crippen molar-refractivity contribution in [3.05, 3.63) is 80.5 Å². The van der Waals surface area contributed by atoms with Crippen LogP contribution < -0.4 is 11.1 Å². The monoisotopic (exact) mass is 677 g/mol. The highest BCUT2D eigenvalue weighted by molar-refractivity contribution is 9.10. The van der Waals surface area contributed by atoms with Gasteiger partial charge >= 0.3 is 11.8 Å². The molecule has 1 N–H and O–H groups in total. The van der Waals surface area contributed by atoms with Gasteiger partial charge in [0.25, 0.3) is 5.91 Å². The lowest BCUT2D eigenvalue weighted by Crippen LogP contribution is -2.61. The van der Waals surface area contributed by atoms with Gasteiger partial charge in [0.2, 0.25) is 0 Å². The Morgan fingerprint density at radius 3 is 2.43 bits per heavy atom. The maximum absolute atomic E-state index is 13.4. The summed E-state index contributed by atoms with van der Waals surface area (Å²) in [6.07, 6.45) is 7.30. The Kier molecular flexibility index (Phi) is 9.00. The molecule has 1 spiro atoms. The number of carbonyl (C=O) groups excluding carboxylic acids is 3. The standard InChI is InChI=1S/C29H26BrCl2N3O7/c1-15(21-14-40-28(39)42-21)41-27(38)20(35-24-23(30)25(36)29(24)9-3-2-4-10-29)11-16-5-7-17(8-6-16)34-26(37)22-18(31)12-33-13-19(22)32/h5-8,12-15,20,23H,2-4,9-11H2,1H3,(H,34,37)/t15?,20-,23?/m0/s1. The number of ether oxygens (including phenoxy) is 1. The largest absolute Gasteiger partial charge is 0.518 e. The zero-order valence-electron chi connectivity index (χ0n) is 22.4. The topological polar surface area (TPSA) is 141 Å². The highest BCUT2D eigenvalue weighted by Gasteiger charge is 2.58. The first kappa shape index (κ1) is 30.2. The molecule has 2 aromatic heterocycles. The molecule has 2 saturated carbocycles. The summed E-state index contributed by atoms with van der Waals surface area (Å²) in [7, 11) is 0. The summed E-state index contributed by atoms with van der Waals surface area (Å²) in [5, 5.41) is 2.99. The van der Waals surface area contributed by atoms with Gasteiger partial charge in [0.05, 0.1) is 21.0 Å². The number of hydrogen-bond donors (Lipinski definition) is 1. The Morgan fingerprint density at radius 2 is 1.81 bits per heavy atom. The molecule has 220 valence electrons. The van der Waals surface area contributed by atoms with Gasteiger partial charge in [0.15, 0.2) is 23.7 Å². The average Bonchev–Trinajstić information content (AvgIpc) is 3.42. The van der Waals surface area contributed by atoms with Gasteiger partial charge in [-0.15, -0.1) is 0 Å². The SMILES string of the molecule is CC(OC(=O)[C@H](Cc1ccc(NC(=O)c2c(Cl)cncc2Cl)cc1)N=C1C(Br)C(=O)C12CCCCC2)c1coc(=O)o1. The predicted molar refractivity (Wildman–Crippen MR) is 159 cm³/mol. The second-order valence-corrected chi connectivity index (χ2v) is 12.0. The molecule has 13 heteroatoms. The van der Waals surface area contributed by atoms with Crippen molar-refractivity contribution < 1.29 is 28.0 Å². The molecule has 2 aliphatic carbocycles. The minimum atomic E-state index is -0.983. The third kappa shape index (κ3) is 6.09. The van der Waals surface area contributed by atoms with Crippen LogP contribution in [0.15, 0.2) is 61.5 Å². The van der Waals surface area contributed by atoms with Gasteiger partial charge in [0, 0.05) is 30.2 Å². The number of halogens is 3. The van der Waals surface area contributed by atoms with Crippen LogP contribution in [0.1, 0.15) is 66.8 Å². The molecular weight excluding hydrogens is 653 g/mol. The van der Waals surface area contributed by atoms with E-state index in [1.165, 1.54) is 12.4 Å². The van der Waals surface area contributed by atoms with Gasteiger partial charge in [0.1, 0.15) is 11.1 Å². The molecule has 2 aliphatic rings. The first-order valence-electron chi connectivity index (χ1n) is 13.3. The van der Waals surface area contributed by atoms with Crippen molar-refractivity contribution >= 4 is 68.2 Å². The van der Waals surface area contributed by atoms with Gasteiger partial charge in [-0.1, -0.05) is 70.5 Å². The fourth-order valence-corrected chi connectivity index (χ4v) is 6.89. The number of alkyl halides is 1. The van der Waals surface area contributed by atoms with Gasteiger partial charge < -0.3 is 18.9 Å². The highest BCUT2D eigenvalue weighted by Crippen LogP contribution is 2.49. The van der Waals surface area contributed by atoms with Crippen LogP contribution in [0, 0.1) is 5.41 Å². The van der Waals surface area contributed by atoms with E-state index in [0.717, 1.165) is 31.1 Å². The molecule has 5 rings (SSSR count). The number of anilines is 1. The first-order chi connectivity index (χ1) is 20.1. The van der Waals surface area contributed by atoms with Gasteiger partial charge in [-0.3, -0.25) is 19.6 Å².